The molecule has 1 fully saturated rings. The van der Waals surface area contributed by atoms with Crippen LogP contribution in [-0.4, -0.2) is 37.0 Å². The maximum atomic E-state index is 12.5. The van der Waals surface area contributed by atoms with E-state index in [0.717, 1.165) is 19.6 Å². The van der Waals surface area contributed by atoms with Gasteiger partial charge in [-0.2, -0.15) is 0 Å². The highest BCUT2D eigenvalue weighted by Gasteiger charge is 2.17. The predicted octanol–water partition coefficient (Wildman–Crippen LogP) is 3.71. The number of nitrogens with one attached hydrogen (secondary N) is 1. The molecule has 1 saturated heterocycles. The van der Waals surface area contributed by atoms with Crippen LogP contribution in [0.2, 0.25) is 0 Å². The Bertz CT molecular complexity index is 765. The molecule has 2 aromatic carbocycles. The van der Waals surface area contributed by atoms with Crippen LogP contribution in [0.5, 0.6) is 0 Å². The Kier molecular flexibility index (Phi) is 6.02. The van der Waals surface area contributed by atoms with Gasteiger partial charge in [-0.3, -0.25) is 9.69 Å². The molecule has 2 aromatic rings. The largest absolute Gasteiger partial charge is 0.465 e. The molecule has 0 aromatic heterocycles. The number of rotatable bonds is 5. The second kappa shape index (κ2) is 8.63. The SMILES string of the molecule is COC(=O)c1ccccc1C(=O)Nc1ccc(CN2CCCCC2)cc1. The van der Waals surface area contributed by atoms with E-state index in [1.165, 1.54) is 31.9 Å². The smallest absolute Gasteiger partial charge is 0.338 e. The Morgan fingerprint density at radius 1 is 0.962 bits per heavy atom. The van der Waals surface area contributed by atoms with Crippen LogP contribution in [-0.2, 0) is 11.3 Å². The minimum Gasteiger partial charge on any atom is -0.465 e. The van der Waals surface area contributed by atoms with Gasteiger partial charge < -0.3 is 10.1 Å². The molecule has 0 atom stereocenters. The maximum Gasteiger partial charge on any atom is 0.338 e. The number of hydrogen-bond donors (Lipinski definition) is 1. The van der Waals surface area contributed by atoms with E-state index in [4.69, 9.17) is 4.74 Å². The summed E-state index contributed by atoms with van der Waals surface area (Å²) < 4.78 is 4.74. The first-order chi connectivity index (χ1) is 12.7. The minimum absolute atomic E-state index is 0.259. The van der Waals surface area contributed by atoms with E-state index in [1.807, 2.05) is 24.3 Å². The normalized spacial score (nSPS) is 14.7. The first kappa shape index (κ1) is 18.1. The lowest BCUT2D eigenvalue weighted by atomic mass is 10.1. The predicted molar refractivity (Wildman–Crippen MR) is 101 cm³/mol. The summed E-state index contributed by atoms with van der Waals surface area (Å²) >= 11 is 0. The van der Waals surface area contributed by atoms with Crippen molar-refractivity contribution in [2.24, 2.45) is 0 Å². The molecule has 0 saturated carbocycles. The Morgan fingerprint density at radius 3 is 2.27 bits per heavy atom. The molecule has 1 heterocycles. The van der Waals surface area contributed by atoms with Gasteiger partial charge in [0.1, 0.15) is 0 Å². The van der Waals surface area contributed by atoms with Gasteiger partial charge in [-0.15, -0.1) is 0 Å². The Balaban J connectivity index is 1.65. The number of anilines is 1. The van der Waals surface area contributed by atoms with E-state index in [2.05, 4.69) is 10.2 Å². The number of methoxy groups -OCH3 is 1. The van der Waals surface area contributed by atoms with Crippen molar-refractivity contribution in [2.75, 3.05) is 25.5 Å². The van der Waals surface area contributed by atoms with E-state index in [1.54, 1.807) is 24.3 Å². The summed E-state index contributed by atoms with van der Waals surface area (Å²) in [6.07, 6.45) is 3.87. The van der Waals surface area contributed by atoms with Crippen molar-refractivity contribution in [3.8, 4) is 0 Å². The molecule has 1 aliphatic rings. The highest BCUT2D eigenvalue weighted by atomic mass is 16.5. The summed E-state index contributed by atoms with van der Waals surface area (Å²) in [4.78, 5) is 26.8. The minimum atomic E-state index is -0.521. The Labute approximate surface area is 154 Å². The van der Waals surface area contributed by atoms with Gasteiger partial charge in [0, 0.05) is 12.2 Å². The third kappa shape index (κ3) is 4.49. The molecule has 5 nitrogen and oxygen atoms in total. The van der Waals surface area contributed by atoms with Gasteiger partial charge in [0.25, 0.3) is 5.91 Å². The van der Waals surface area contributed by atoms with Gasteiger partial charge in [-0.25, -0.2) is 4.79 Å². The van der Waals surface area contributed by atoms with Crippen molar-refractivity contribution in [3.63, 3.8) is 0 Å². The third-order valence-electron chi connectivity index (χ3n) is 4.64. The number of benzene rings is 2. The Hall–Kier alpha value is -2.66. The number of piperidine rings is 1. The van der Waals surface area contributed by atoms with E-state index in [9.17, 15) is 9.59 Å². The fraction of sp³-hybridized carbons (Fsp3) is 0.333. The van der Waals surface area contributed by atoms with Crippen molar-refractivity contribution in [2.45, 2.75) is 25.8 Å². The van der Waals surface area contributed by atoms with Crippen molar-refractivity contribution in [1.29, 1.82) is 0 Å². The quantitative estimate of drug-likeness (QED) is 0.834. The van der Waals surface area contributed by atoms with E-state index < -0.39 is 5.97 Å². The summed E-state index contributed by atoms with van der Waals surface area (Å²) in [6, 6.07) is 14.5. The summed E-state index contributed by atoms with van der Waals surface area (Å²) in [5, 5.41) is 2.85. The summed E-state index contributed by atoms with van der Waals surface area (Å²) in [7, 11) is 1.30. The molecule has 0 unspecified atom stereocenters. The van der Waals surface area contributed by atoms with Crippen LogP contribution in [0.25, 0.3) is 0 Å². The van der Waals surface area contributed by atoms with Gasteiger partial charge in [-0.1, -0.05) is 30.7 Å². The number of nitrogens with zero attached hydrogens (tertiary/aromatic N) is 1. The Morgan fingerprint density at radius 2 is 1.62 bits per heavy atom. The van der Waals surface area contributed by atoms with Crippen molar-refractivity contribution >= 4 is 17.6 Å². The molecular formula is C21H24N2O3. The molecule has 0 aliphatic carbocycles. The molecule has 136 valence electrons. The van der Waals surface area contributed by atoms with Crippen molar-refractivity contribution in [3.05, 3.63) is 65.2 Å². The number of amides is 1. The average Bonchev–Trinajstić information content (AvgIpc) is 2.69. The second-order valence-electron chi connectivity index (χ2n) is 6.53. The highest BCUT2D eigenvalue weighted by molar-refractivity contribution is 6.11. The lowest BCUT2D eigenvalue weighted by Gasteiger charge is -2.26. The number of esters is 1. The van der Waals surface area contributed by atoms with Crippen LogP contribution < -0.4 is 5.32 Å². The molecular weight excluding hydrogens is 328 g/mol. The fourth-order valence-electron chi connectivity index (χ4n) is 3.24. The molecule has 0 radical (unpaired) electrons. The molecule has 1 amide bonds. The molecule has 1 aliphatic heterocycles. The zero-order valence-corrected chi connectivity index (χ0v) is 15.0. The molecule has 26 heavy (non-hydrogen) atoms. The van der Waals surface area contributed by atoms with E-state index >= 15 is 0 Å². The highest BCUT2D eigenvalue weighted by Crippen LogP contribution is 2.17. The van der Waals surface area contributed by atoms with Crippen molar-refractivity contribution in [1.82, 2.24) is 4.90 Å². The summed E-state index contributed by atoms with van der Waals surface area (Å²) in [5.74, 6) is -0.845. The number of carbonyl (C=O) groups is 2. The summed E-state index contributed by atoms with van der Waals surface area (Å²) in [5.41, 5.74) is 2.50. The fourth-order valence-corrected chi connectivity index (χ4v) is 3.24. The molecule has 1 N–H and O–H groups in total. The monoisotopic (exact) mass is 352 g/mol. The van der Waals surface area contributed by atoms with Gasteiger partial charge in [0.05, 0.1) is 18.2 Å². The number of ether oxygens (including phenoxy) is 1. The number of hydrogen-bond acceptors (Lipinski definition) is 4. The maximum absolute atomic E-state index is 12.5. The zero-order chi connectivity index (χ0) is 18.4. The van der Waals surface area contributed by atoms with Gasteiger partial charge in [0.2, 0.25) is 0 Å². The standard InChI is InChI=1S/C21H24N2O3/c1-26-21(25)19-8-4-3-7-18(19)20(24)22-17-11-9-16(10-12-17)15-23-13-5-2-6-14-23/h3-4,7-12H,2,5-6,13-15H2,1H3,(H,22,24). The second-order valence-corrected chi connectivity index (χ2v) is 6.53. The van der Waals surface area contributed by atoms with Crippen LogP contribution in [0.15, 0.2) is 48.5 Å². The van der Waals surface area contributed by atoms with Crippen LogP contribution in [0, 0.1) is 0 Å². The van der Waals surface area contributed by atoms with Crippen LogP contribution in [0.4, 0.5) is 5.69 Å². The molecule has 3 rings (SSSR count). The summed E-state index contributed by atoms with van der Waals surface area (Å²) in [6.45, 7) is 3.25. The number of carbonyl (C=O) groups excluding carboxylic acids is 2. The molecule has 0 bridgehead atoms. The van der Waals surface area contributed by atoms with Crippen LogP contribution in [0.3, 0.4) is 0 Å². The van der Waals surface area contributed by atoms with Crippen molar-refractivity contribution < 1.29 is 14.3 Å². The lowest BCUT2D eigenvalue weighted by molar-refractivity contribution is 0.0597. The first-order valence-electron chi connectivity index (χ1n) is 8.97. The zero-order valence-electron chi connectivity index (χ0n) is 15.0. The average molecular weight is 352 g/mol. The topological polar surface area (TPSA) is 58.6 Å². The molecule has 0 spiro atoms. The van der Waals surface area contributed by atoms with E-state index in [-0.39, 0.29) is 11.5 Å². The number of likely N-dealkylation sites (tertiary alicyclic amines) is 1. The van der Waals surface area contributed by atoms with Gasteiger partial charge in [0.15, 0.2) is 0 Å². The van der Waals surface area contributed by atoms with Crippen LogP contribution >= 0.6 is 0 Å². The van der Waals surface area contributed by atoms with E-state index in [0.29, 0.717) is 11.3 Å². The molecule has 5 heteroatoms. The van der Waals surface area contributed by atoms with Crippen LogP contribution in [0.1, 0.15) is 45.5 Å². The van der Waals surface area contributed by atoms with Gasteiger partial charge >= 0.3 is 5.97 Å². The third-order valence-corrected chi connectivity index (χ3v) is 4.64. The first-order valence-corrected chi connectivity index (χ1v) is 8.97. The lowest BCUT2D eigenvalue weighted by Crippen LogP contribution is -2.29. The van der Waals surface area contributed by atoms with Gasteiger partial charge in [-0.05, 0) is 55.8 Å².